The van der Waals surface area contributed by atoms with Gasteiger partial charge in [0.05, 0.1) is 10.6 Å². The van der Waals surface area contributed by atoms with Crippen molar-refractivity contribution < 1.29 is 13.2 Å². The van der Waals surface area contributed by atoms with E-state index in [4.69, 9.17) is 0 Å². The molecule has 1 aromatic rings. The van der Waals surface area contributed by atoms with Gasteiger partial charge in [-0.1, -0.05) is 44.7 Å². The number of benzene rings is 1. The van der Waals surface area contributed by atoms with E-state index in [1.54, 1.807) is 12.1 Å². The van der Waals surface area contributed by atoms with Crippen molar-refractivity contribution in [1.29, 1.82) is 0 Å². The maximum absolute atomic E-state index is 12.1. The highest BCUT2D eigenvalue weighted by molar-refractivity contribution is 7.91. The van der Waals surface area contributed by atoms with Gasteiger partial charge in [-0.3, -0.25) is 4.79 Å². The summed E-state index contributed by atoms with van der Waals surface area (Å²) in [6.45, 7) is 3.60. The zero-order valence-corrected chi connectivity index (χ0v) is 12.5. The number of rotatable bonds is 8. The van der Waals surface area contributed by atoms with Crippen molar-refractivity contribution in [2.24, 2.45) is 0 Å². The molecule has 0 amide bonds. The van der Waals surface area contributed by atoms with Crippen molar-refractivity contribution in [3.8, 4) is 0 Å². The van der Waals surface area contributed by atoms with E-state index in [0.717, 1.165) is 25.7 Å². The summed E-state index contributed by atoms with van der Waals surface area (Å²) >= 11 is 0. The molecule has 0 aliphatic rings. The van der Waals surface area contributed by atoms with Gasteiger partial charge >= 0.3 is 0 Å². The summed E-state index contributed by atoms with van der Waals surface area (Å²) in [5.74, 6) is 0.138. The van der Waals surface area contributed by atoms with E-state index in [0.29, 0.717) is 16.9 Å². The Morgan fingerprint density at radius 3 is 2.11 bits per heavy atom. The Morgan fingerprint density at radius 1 is 1.00 bits per heavy atom. The van der Waals surface area contributed by atoms with Gasteiger partial charge in [0.1, 0.15) is 0 Å². The number of ketones is 1. The molecule has 0 radical (unpaired) electrons. The average Bonchev–Trinajstić information content (AvgIpc) is 2.38. The van der Waals surface area contributed by atoms with Gasteiger partial charge in [-0.05, 0) is 25.5 Å². The summed E-state index contributed by atoms with van der Waals surface area (Å²) < 4.78 is 24.1. The summed E-state index contributed by atoms with van der Waals surface area (Å²) in [6, 6.07) is 6.20. The lowest BCUT2D eigenvalue weighted by molar-refractivity contribution is 0.101. The number of hydrogen-bond acceptors (Lipinski definition) is 3. The number of Topliss-reactive ketones (excluding diaryl/α,β-unsaturated/α-hetero) is 1. The van der Waals surface area contributed by atoms with Crippen LogP contribution < -0.4 is 0 Å². The van der Waals surface area contributed by atoms with Crippen LogP contribution in [0.1, 0.15) is 56.3 Å². The Balaban J connectivity index is 2.59. The standard InChI is InChI=1S/C15H22O3S/c1-3-4-5-6-7-12-19(17,18)15-10-8-14(9-11-15)13(2)16/h8-11H,3-7,12H2,1-2H3. The summed E-state index contributed by atoms with van der Waals surface area (Å²) in [5, 5.41) is 0. The number of sulfone groups is 1. The SMILES string of the molecule is CCCCCCCS(=O)(=O)c1ccc(C(C)=O)cc1. The van der Waals surface area contributed by atoms with Gasteiger partial charge in [0.15, 0.2) is 15.6 Å². The third-order valence-corrected chi connectivity index (χ3v) is 4.95. The molecule has 0 N–H and O–H groups in total. The maximum Gasteiger partial charge on any atom is 0.178 e. The third-order valence-electron chi connectivity index (χ3n) is 3.14. The fourth-order valence-electron chi connectivity index (χ4n) is 1.91. The molecule has 1 aromatic carbocycles. The smallest absolute Gasteiger partial charge is 0.178 e. The van der Waals surface area contributed by atoms with E-state index >= 15 is 0 Å². The fraction of sp³-hybridized carbons (Fsp3) is 0.533. The van der Waals surface area contributed by atoms with Crippen LogP contribution in [0.5, 0.6) is 0 Å². The summed E-state index contributed by atoms with van der Waals surface area (Å²) in [7, 11) is -3.20. The zero-order valence-electron chi connectivity index (χ0n) is 11.7. The maximum atomic E-state index is 12.1. The molecule has 1 rings (SSSR count). The monoisotopic (exact) mass is 282 g/mol. The van der Waals surface area contributed by atoms with Crippen molar-refractivity contribution in [2.45, 2.75) is 50.8 Å². The van der Waals surface area contributed by atoms with E-state index in [-0.39, 0.29) is 11.5 Å². The van der Waals surface area contributed by atoms with Crippen LogP contribution in [0.25, 0.3) is 0 Å². The summed E-state index contributed by atoms with van der Waals surface area (Å²) in [4.78, 5) is 11.4. The minimum absolute atomic E-state index is 0.0523. The van der Waals surface area contributed by atoms with Gasteiger partial charge in [0, 0.05) is 5.56 Å². The lowest BCUT2D eigenvalue weighted by atomic mass is 10.2. The third kappa shape index (κ3) is 5.15. The van der Waals surface area contributed by atoms with Crippen molar-refractivity contribution >= 4 is 15.6 Å². The lowest BCUT2D eigenvalue weighted by Crippen LogP contribution is -2.07. The second-order valence-electron chi connectivity index (χ2n) is 4.81. The lowest BCUT2D eigenvalue weighted by Gasteiger charge is -2.05. The minimum atomic E-state index is -3.20. The van der Waals surface area contributed by atoms with Gasteiger partial charge in [-0.15, -0.1) is 0 Å². The Morgan fingerprint density at radius 2 is 1.58 bits per heavy atom. The highest BCUT2D eigenvalue weighted by Gasteiger charge is 2.14. The molecule has 0 saturated heterocycles. The molecule has 4 heteroatoms. The van der Waals surface area contributed by atoms with Crippen LogP contribution in [0, 0.1) is 0 Å². The quantitative estimate of drug-likeness (QED) is 0.540. The topological polar surface area (TPSA) is 51.2 Å². The van der Waals surface area contributed by atoms with E-state index in [1.165, 1.54) is 19.1 Å². The highest BCUT2D eigenvalue weighted by Crippen LogP contribution is 2.15. The Kier molecular flexibility index (Phi) is 6.22. The van der Waals surface area contributed by atoms with Gasteiger partial charge in [0.2, 0.25) is 0 Å². The van der Waals surface area contributed by atoms with E-state index in [9.17, 15) is 13.2 Å². The molecule has 0 saturated carbocycles. The van der Waals surface area contributed by atoms with E-state index in [2.05, 4.69) is 6.92 Å². The molecule has 0 heterocycles. The van der Waals surface area contributed by atoms with Crippen LogP contribution >= 0.6 is 0 Å². The normalized spacial score (nSPS) is 11.5. The van der Waals surface area contributed by atoms with Crippen LogP contribution in [-0.4, -0.2) is 20.0 Å². The average molecular weight is 282 g/mol. The fourth-order valence-corrected chi connectivity index (χ4v) is 3.28. The first-order chi connectivity index (χ1) is 8.97. The first-order valence-corrected chi connectivity index (χ1v) is 8.46. The van der Waals surface area contributed by atoms with Gasteiger partial charge in [-0.2, -0.15) is 0 Å². The van der Waals surface area contributed by atoms with Crippen LogP contribution in [0.15, 0.2) is 29.2 Å². The van der Waals surface area contributed by atoms with E-state index < -0.39 is 9.84 Å². The number of unbranched alkanes of at least 4 members (excludes halogenated alkanes) is 4. The minimum Gasteiger partial charge on any atom is -0.295 e. The van der Waals surface area contributed by atoms with E-state index in [1.807, 2.05) is 0 Å². The molecule has 0 aliphatic carbocycles. The highest BCUT2D eigenvalue weighted by atomic mass is 32.2. The van der Waals surface area contributed by atoms with Crippen LogP contribution in [-0.2, 0) is 9.84 Å². The summed E-state index contributed by atoms with van der Waals surface area (Å²) in [5.41, 5.74) is 0.543. The molecule has 19 heavy (non-hydrogen) atoms. The second-order valence-corrected chi connectivity index (χ2v) is 6.92. The summed E-state index contributed by atoms with van der Waals surface area (Å²) in [6.07, 6.45) is 5.07. The molecule has 0 unspecified atom stereocenters. The molecular weight excluding hydrogens is 260 g/mol. The Hall–Kier alpha value is -1.16. The molecule has 0 aliphatic heterocycles. The molecular formula is C15H22O3S. The molecule has 0 atom stereocenters. The van der Waals surface area contributed by atoms with Crippen molar-refractivity contribution in [1.82, 2.24) is 0 Å². The molecule has 0 bridgehead atoms. The first-order valence-electron chi connectivity index (χ1n) is 6.81. The zero-order chi connectivity index (χ0) is 14.3. The van der Waals surface area contributed by atoms with Crippen molar-refractivity contribution in [2.75, 3.05) is 5.75 Å². The van der Waals surface area contributed by atoms with Crippen molar-refractivity contribution in [3.05, 3.63) is 29.8 Å². The van der Waals surface area contributed by atoms with Gasteiger partial charge in [0.25, 0.3) is 0 Å². The van der Waals surface area contributed by atoms with Gasteiger partial charge < -0.3 is 0 Å². The van der Waals surface area contributed by atoms with Gasteiger partial charge in [-0.25, -0.2) is 8.42 Å². The number of carbonyl (C=O) groups is 1. The van der Waals surface area contributed by atoms with Crippen LogP contribution in [0.2, 0.25) is 0 Å². The first kappa shape index (κ1) is 15.9. The molecule has 0 fully saturated rings. The Bertz CT molecular complexity index is 501. The Labute approximate surface area is 116 Å². The second kappa shape index (κ2) is 7.43. The molecule has 0 aromatic heterocycles. The molecule has 106 valence electrons. The largest absolute Gasteiger partial charge is 0.295 e. The predicted octanol–water partition coefficient (Wildman–Crippen LogP) is 3.63. The number of hydrogen-bond donors (Lipinski definition) is 0. The van der Waals surface area contributed by atoms with Crippen LogP contribution in [0.4, 0.5) is 0 Å². The van der Waals surface area contributed by atoms with Crippen LogP contribution in [0.3, 0.4) is 0 Å². The van der Waals surface area contributed by atoms with Crippen molar-refractivity contribution in [3.63, 3.8) is 0 Å². The number of carbonyl (C=O) groups excluding carboxylic acids is 1. The molecule has 3 nitrogen and oxygen atoms in total. The molecule has 0 spiro atoms. The predicted molar refractivity (Wildman–Crippen MR) is 77.3 cm³/mol.